The molecule has 5 nitrogen and oxygen atoms in total. The number of nitrogens with one attached hydrogen (secondary N) is 1. The predicted molar refractivity (Wildman–Crippen MR) is 102 cm³/mol. The van der Waals surface area contributed by atoms with Gasteiger partial charge >= 0.3 is 0 Å². The number of rotatable bonds is 6. The first-order chi connectivity index (χ1) is 12.6. The number of aryl methyl sites for hydroxylation is 1. The second kappa shape index (κ2) is 8.04. The molecule has 26 heavy (non-hydrogen) atoms. The highest BCUT2D eigenvalue weighted by Gasteiger charge is 2.27. The first-order valence-corrected chi connectivity index (χ1v) is 9.00. The van der Waals surface area contributed by atoms with E-state index in [-0.39, 0.29) is 18.4 Å². The molecule has 2 aromatic rings. The molecule has 0 aromatic heterocycles. The summed E-state index contributed by atoms with van der Waals surface area (Å²) in [6, 6.07) is 13.3. The third-order valence-corrected chi connectivity index (χ3v) is 4.45. The van der Waals surface area contributed by atoms with E-state index in [1.165, 1.54) is 0 Å². The normalized spacial score (nSPS) is 13.8. The van der Waals surface area contributed by atoms with Gasteiger partial charge in [0.2, 0.25) is 5.91 Å². The van der Waals surface area contributed by atoms with Crippen LogP contribution in [0.2, 0.25) is 0 Å². The first kappa shape index (κ1) is 18.0. The topological polar surface area (TPSA) is 58.6 Å². The molecule has 0 saturated heterocycles. The minimum absolute atomic E-state index is 0.00851. The van der Waals surface area contributed by atoms with E-state index in [2.05, 4.69) is 12.2 Å². The maximum Gasteiger partial charge on any atom is 0.253 e. The third kappa shape index (κ3) is 3.87. The largest absolute Gasteiger partial charge is 0.493 e. The summed E-state index contributed by atoms with van der Waals surface area (Å²) in [4.78, 5) is 26.6. The molecular weight excluding hydrogens is 328 g/mol. The van der Waals surface area contributed by atoms with Gasteiger partial charge in [0.05, 0.1) is 30.9 Å². The highest BCUT2D eigenvalue weighted by atomic mass is 16.5. The van der Waals surface area contributed by atoms with E-state index >= 15 is 0 Å². The minimum Gasteiger partial charge on any atom is -0.493 e. The number of unbranched alkanes of at least 4 members (excludes halogenated alkanes) is 1. The van der Waals surface area contributed by atoms with Crippen LogP contribution >= 0.6 is 0 Å². The van der Waals surface area contributed by atoms with Gasteiger partial charge in [0.25, 0.3) is 5.91 Å². The monoisotopic (exact) mass is 352 g/mol. The highest BCUT2D eigenvalue weighted by Crippen LogP contribution is 2.28. The van der Waals surface area contributed by atoms with Crippen LogP contribution in [0.5, 0.6) is 5.75 Å². The number of hydrogen-bond donors (Lipinski definition) is 1. The number of carbonyl (C=O) groups is 2. The lowest BCUT2D eigenvalue weighted by molar-refractivity contribution is -0.117. The lowest BCUT2D eigenvalue weighted by Gasteiger charge is -2.23. The molecule has 3 rings (SSSR count). The van der Waals surface area contributed by atoms with E-state index < -0.39 is 0 Å². The first-order valence-electron chi connectivity index (χ1n) is 9.00. The quantitative estimate of drug-likeness (QED) is 0.810. The number of amides is 2. The van der Waals surface area contributed by atoms with Crippen molar-refractivity contribution in [3.8, 4) is 5.75 Å². The summed E-state index contributed by atoms with van der Waals surface area (Å²) in [5.41, 5.74) is 3.08. The number of nitrogens with zero attached hydrogens (tertiary/aromatic N) is 1. The molecule has 2 amide bonds. The van der Waals surface area contributed by atoms with Gasteiger partial charge in [-0.15, -0.1) is 0 Å². The van der Waals surface area contributed by atoms with E-state index in [1.807, 2.05) is 49.4 Å². The minimum atomic E-state index is -0.216. The Morgan fingerprint density at radius 3 is 2.77 bits per heavy atom. The summed E-state index contributed by atoms with van der Waals surface area (Å²) in [6.45, 7) is 5.06. The van der Waals surface area contributed by atoms with Gasteiger partial charge in [-0.25, -0.2) is 0 Å². The number of hydrogen-bond acceptors (Lipinski definition) is 3. The Balaban J connectivity index is 1.93. The Hall–Kier alpha value is -2.82. The van der Waals surface area contributed by atoms with E-state index in [0.717, 1.165) is 29.7 Å². The third-order valence-electron chi connectivity index (χ3n) is 4.45. The van der Waals surface area contributed by atoms with Gasteiger partial charge in [-0.2, -0.15) is 0 Å². The zero-order valence-electron chi connectivity index (χ0n) is 15.2. The second-order valence-corrected chi connectivity index (χ2v) is 6.49. The van der Waals surface area contributed by atoms with Gasteiger partial charge in [-0.3, -0.25) is 9.59 Å². The van der Waals surface area contributed by atoms with Crippen molar-refractivity contribution in [1.82, 2.24) is 5.32 Å². The molecule has 0 fully saturated rings. The lowest BCUT2D eigenvalue weighted by atomic mass is 10.1. The fourth-order valence-corrected chi connectivity index (χ4v) is 2.99. The summed E-state index contributed by atoms with van der Waals surface area (Å²) < 4.78 is 5.89. The Labute approximate surface area is 154 Å². The van der Waals surface area contributed by atoms with E-state index in [4.69, 9.17) is 4.74 Å². The van der Waals surface area contributed by atoms with Crippen LogP contribution in [0.4, 0.5) is 5.69 Å². The molecule has 0 bridgehead atoms. The Morgan fingerprint density at radius 2 is 1.96 bits per heavy atom. The molecule has 1 aliphatic heterocycles. The van der Waals surface area contributed by atoms with Crippen LogP contribution in [-0.4, -0.2) is 25.0 Å². The molecule has 136 valence electrons. The number of fused-ring (bicyclic) bond motifs is 1. The van der Waals surface area contributed by atoms with Crippen LogP contribution < -0.4 is 15.0 Å². The molecule has 5 heteroatoms. The smallest absolute Gasteiger partial charge is 0.253 e. The van der Waals surface area contributed by atoms with E-state index in [9.17, 15) is 9.59 Å². The summed E-state index contributed by atoms with van der Waals surface area (Å²) in [7, 11) is 0. The van der Waals surface area contributed by atoms with Gasteiger partial charge in [0.15, 0.2) is 0 Å². The van der Waals surface area contributed by atoms with Crippen molar-refractivity contribution in [3.05, 3.63) is 59.2 Å². The SMILES string of the molecule is CCCCOc1ccccc1CN1C(=O)CNC(=O)c2cc(C)ccc21. The van der Waals surface area contributed by atoms with Crippen molar-refractivity contribution >= 4 is 17.5 Å². The fourth-order valence-electron chi connectivity index (χ4n) is 2.99. The molecule has 0 spiro atoms. The highest BCUT2D eigenvalue weighted by molar-refractivity contribution is 6.09. The zero-order valence-corrected chi connectivity index (χ0v) is 15.2. The molecule has 1 N–H and O–H groups in total. The molecule has 0 aliphatic carbocycles. The average molecular weight is 352 g/mol. The van der Waals surface area contributed by atoms with Crippen molar-refractivity contribution in [1.29, 1.82) is 0 Å². The van der Waals surface area contributed by atoms with Crippen molar-refractivity contribution in [2.24, 2.45) is 0 Å². The summed E-state index contributed by atoms with van der Waals surface area (Å²) in [5, 5.41) is 2.69. The number of para-hydroxylation sites is 1. The van der Waals surface area contributed by atoms with Gasteiger partial charge < -0.3 is 15.0 Å². The number of ether oxygens (including phenoxy) is 1. The summed E-state index contributed by atoms with van der Waals surface area (Å²) in [5.74, 6) is 0.433. The maximum absolute atomic E-state index is 12.7. The Morgan fingerprint density at radius 1 is 1.15 bits per heavy atom. The maximum atomic E-state index is 12.7. The van der Waals surface area contributed by atoms with Crippen LogP contribution in [-0.2, 0) is 11.3 Å². The molecule has 0 saturated carbocycles. The average Bonchev–Trinajstić information content (AvgIpc) is 2.75. The van der Waals surface area contributed by atoms with Gasteiger partial charge in [0, 0.05) is 5.56 Å². The number of benzene rings is 2. The summed E-state index contributed by atoms with van der Waals surface area (Å²) >= 11 is 0. The van der Waals surface area contributed by atoms with Crippen LogP contribution in [0.15, 0.2) is 42.5 Å². The van der Waals surface area contributed by atoms with Crippen molar-refractivity contribution in [2.75, 3.05) is 18.1 Å². The van der Waals surface area contributed by atoms with Gasteiger partial charge in [0.1, 0.15) is 5.75 Å². The molecule has 1 aliphatic rings. The van der Waals surface area contributed by atoms with Crippen LogP contribution in [0.25, 0.3) is 0 Å². The summed E-state index contributed by atoms with van der Waals surface area (Å²) in [6.07, 6.45) is 2.05. The Bertz CT molecular complexity index is 817. The van der Waals surface area contributed by atoms with E-state index in [0.29, 0.717) is 24.4 Å². The fraction of sp³-hybridized carbons (Fsp3) is 0.333. The van der Waals surface area contributed by atoms with Crippen molar-refractivity contribution in [2.45, 2.75) is 33.2 Å². The van der Waals surface area contributed by atoms with Crippen LogP contribution in [0.3, 0.4) is 0 Å². The van der Waals surface area contributed by atoms with E-state index in [1.54, 1.807) is 4.90 Å². The van der Waals surface area contributed by atoms with Crippen molar-refractivity contribution in [3.63, 3.8) is 0 Å². The predicted octanol–water partition coefficient (Wildman–Crippen LogP) is 3.45. The molecule has 0 atom stereocenters. The zero-order chi connectivity index (χ0) is 18.5. The molecule has 2 aromatic carbocycles. The lowest BCUT2D eigenvalue weighted by Crippen LogP contribution is -2.36. The second-order valence-electron chi connectivity index (χ2n) is 6.49. The number of carbonyl (C=O) groups excluding carboxylic acids is 2. The molecular formula is C21H24N2O3. The van der Waals surface area contributed by atoms with Gasteiger partial charge in [-0.05, 0) is 31.5 Å². The number of anilines is 1. The molecule has 0 radical (unpaired) electrons. The van der Waals surface area contributed by atoms with Gasteiger partial charge in [-0.1, -0.05) is 43.2 Å². The van der Waals surface area contributed by atoms with Crippen LogP contribution in [0.1, 0.15) is 41.3 Å². The molecule has 0 unspecified atom stereocenters. The van der Waals surface area contributed by atoms with Crippen LogP contribution in [0, 0.1) is 6.92 Å². The molecule has 1 heterocycles. The Kier molecular flexibility index (Phi) is 5.56. The standard InChI is InChI=1S/C21H24N2O3/c1-3-4-11-26-19-8-6-5-7-16(19)14-23-18-10-9-15(2)12-17(18)21(25)22-13-20(23)24/h5-10,12H,3-4,11,13-14H2,1-2H3,(H,22,25). The van der Waals surface area contributed by atoms with Crippen molar-refractivity contribution < 1.29 is 14.3 Å².